The van der Waals surface area contributed by atoms with Gasteiger partial charge in [0.25, 0.3) is 0 Å². The van der Waals surface area contributed by atoms with Crippen LogP contribution in [0.5, 0.6) is 0 Å². The van der Waals surface area contributed by atoms with Gasteiger partial charge >= 0.3 is 5.97 Å². The zero-order chi connectivity index (χ0) is 18.0. The van der Waals surface area contributed by atoms with Crippen LogP contribution in [-0.2, 0) is 9.53 Å². The molecular weight excluding hydrogens is 385 g/mol. The van der Waals surface area contributed by atoms with Crippen LogP contribution in [0.25, 0.3) is 16.9 Å². The summed E-state index contributed by atoms with van der Waals surface area (Å²) in [4.78, 5) is 16.3. The van der Waals surface area contributed by atoms with Crippen molar-refractivity contribution in [1.29, 1.82) is 0 Å². The minimum Gasteiger partial charge on any atom is -0.465 e. The first kappa shape index (κ1) is 17.9. The van der Waals surface area contributed by atoms with E-state index in [-0.39, 0.29) is 12.5 Å². The minimum atomic E-state index is -0.379. The maximum absolute atomic E-state index is 11.7. The molecule has 2 aromatic heterocycles. The molecule has 0 aliphatic rings. The van der Waals surface area contributed by atoms with Gasteiger partial charge in [0.15, 0.2) is 5.65 Å². The third kappa shape index (κ3) is 3.68. The minimum absolute atomic E-state index is 0.0246. The Morgan fingerprint density at radius 3 is 2.72 bits per heavy atom. The summed E-state index contributed by atoms with van der Waals surface area (Å²) in [6.07, 6.45) is 1.67. The predicted molar refractivity (Wildman–Crippen MR) is 101 cm³/mol. The number of ether oxygens (including phenoxy) is 1. The van der Waals surface area contributed by atoms with Crippen molar-refractivity contribution in [2.45, 2.75) is 6.92 Å². The fraction of sp³-hybridized carbons (Fsp3) is 0.176. The van der Waals surface area contributed by atoms with Crippen LogP contribution < -0.4 is 5.32 Å². The lowest BCUT2D eigenvalue weighted by molar-refractivity contribution is -0.140. The van der Waals surface area contributed by atoms with Crippen molar-refractivity contribution in [3.63, 3.8) is 0 Å². The van der Waals surface area contributed by atoms with Crippen LogP contribution in [0.4, 0.5) is 5.82 Å². The number of carbonyl (C=O) groups excluding carboxylic acids is 1. The second kappa shape index (κ2) is 7.52. The zero-order valence-corrected chi connectivity index (χ0v) is 15.5. The van der Waals surface area contributed by atoms with Gasteiger partial charge in [-0.15, -0.1) is 0 Å². The molecule has 25 heavy (non-hydrogen) atoms. The van der Waals surface area contributed by atoms with Crippen LogP contribution in [0.15, 0.2) is 36.5 Å². The zero-order valence-electron chi connectivity index (χ0n) is 13.2. The smallest absolute Gasteiger partial charge is 0.325 e. The summed E-state index contributed by atoms with van der Waals surface area (Å²) in [7, 11) is 0. The fourth-order valence-electron chi connectivity index (χ4n) is 2.45. The second-order valence-electron chi connectivity index (χ2n) is 5.15. The van der Waals surface area contributed by atoms with Crippen molar-refractivity contribution in [1.82, 2.24) is 9.38 Å². The first-order chi connectivity index (χ1) is 12.0. The predicted octanol–water partition coefficient (Wildman–Crippen LogP) is 4.94. The lowest BCUT2D eigenvalue weighted by Crippen LogP contribution is -2.18. The van der Waals surface area contributed by atoms with Gasteiger partial charge in [0.2, 0.25) is 0 Å². The van der Waals surface area contributed by atoms with Crippen molar-refractivity contribution in [2.75, 3.05) is 18.5 Å². The highest BCUT2D eigenvalue weighted by atomic mass is 35.5. The number of halogens is 3. The van der Waals surface area contributed by atoms with Crippen molar-refractivity contribution in [3.05, 3.63) is 51.6 Å². The van der Waals surface area contributed by atoms with Crippen LogP contribution in [-0.4, -0.2) is 28.5 Å². The Kier molecular flexibility index (Phi) is 5.37. The Hall–Kier alpha value is -1.95. The molecule has 0 spiro atoms. The van der Waals surface area contributed by atoms with Crippen LogP contribution in [0, 0.1) is 0 Å². The van der Waals surface area contributed by atoms with E-state index < -0.39 is 0 Å². The molecule has 5 nitrogen and oxygen atoms in total. The average molecular weight is 399 g/mol. The lowest BCUT2D eigenvalue weighted by atomic mass is 10.1. The number of hydrogen-bond donors (Lipinski definition) is 1. The Morgan fingerprint density at radius 2 is 2.00 bits per heavy atom. The SMILES string of the molecule is CCOC(=O)CNc1c(-c2ccccc2Cl)nc2c(Cl)cc(Cl)cn12. The van der Waals surface area contributed by atoms with Gasteiger partial charge in [0.05, 0.1) is 21.7 Å². The van der Waals surface area contributed by atoms with Gasteiger partial charge in [-0.2, -0.15) is 0 Å². The summed E-state index contributed by atoms with van der Waals surface area (Å²) in [5, 5.41) is 4.42. The van der Waals surface area contributed by atoms with Gasteiger partial charge in [0, 0.05) is 11.8 Å². The number of nitrogens with one attached hydrogen (secondary N) is 1. The molecule has 0 aliphatic carbocycles. The first-order valence-corrected chi connectivity index (χ1v) is 8.66. The number of pyridine rings is 1. The summed E-state index contributed by atoms with van der Waals surface area (Å²) in [5.74, 6) is 0.177. The van der Waals surface area contributed by atoms with Gasteiger partial charge in [-0.05, 0) is 19.1 Å². The molecule has 0 fully saturated rings. The normalized spacial score (nSPS) is 10.9. The topological polar surface area (TPSA) is 55.6 Å². The number of esters is 1. The molecule has 0 radical (unpaired) electrons. The van der Waals surface area contributed by atoms with Gasteiger partial charge in [-0.25, -0.2) is 4.98 Å². The largest absolute Gasteiger partial charge is 0.465 e. The number of carbonyl (C=O) groups is 1. The molecule has 0 unspecified atom stereocenters. The van der Waals surface area contributed by atoms with E-state index in [0.717, 1.165) is 0 Å². The van der Waals surface area contributed by atoms with E-state index in [1.165, 1.54) is 0 Å². The van der Waals surface area contributed by atoms with Crippen molar-refractivity contribution >= 4 is 52.2 Å². The van der Waals surface area contributed by atoms with Crippen LogP contribution >= 0.6 is 34.8 Å². The lowest BCUT2D eigenvalue weighted by Gasteiger charge is -2.09. The maximum atomic E-state index is 11.7. The molecule has 2 heterocycles. The van der Waals surface area contributed by atoms with E-state index in [0.29, 0.717) is 44.4 Å². The first-order valence-electron chi connectivity index (χ1n) is 7.52. The number of rotatable bonds is 5. The third-order valence-electron chi connectivity index (χ3n) is 3.48. The van der Waals surface area contributed by atoms with Gasteiger partial charge in [-0.1, -0.05) is 53.0 Å². The molecular formula is C17H14Cl3N3O2. The quantitative estimate of drug-likeness (QED) is 0.619. The molecule has 0 amide bonds. The standard InChI is InChI=1S/C17H14Cl3N3O2/c1-2-25-14(24)8-21-17-15(11-5-3-4-6-12(11)19)22-16-13(20)7-10(18)9-23(16)17/h3-7,9,21H,2,8H2,1H3. The second-order valence-corrected chi connectivity index (χ2v) is 6.40. The number of fused-ring (bicyclic) bond motifs is 1. The molecule has 0 aliphatic heterocycles. The molecule has 0 saturated heterocycles. The monoisotopic (exact) mass is 397 g/mol. The van der Waals surface area contributed by atoms with Crippen LogP contribution in [0.1, 0.15) is 6.92 Å². The van der Waals surface area contributed by atoms with E-state index in [2.05, 4.69) is 10.3 Å². The molecule has 1 aromatic carbocycles. The summed E-state index contributed by atoms with van der Waals surface area (Å²) in [6.45, 7) is 2.03. The molecule has 8 heteroatoms. The Bertz CT molecular complexity index is 940. The molecule has 130 valence electrons. The van der Waals surface area contributed by atoms with E-state index in [1.54, 1.807) is 29.7 Å². The molecule has 3 rings (SSSR count). The van der Waals surface area contributed by atoms with E-state index >= 15 is 0 Å². The number of anilines is 1. The summed E-state index contributed by atoms with van der Waals surface area (Å²) in [6, 6.07) is 8.91. The van der Waals surface area contributed by atoms with Gasteiger partial charge in [0.1, 0.15) is 18.1 Å². The maximum Gasteiger partial charge on any atom is 0.325 e. The highest BCUT2D eigenvalue weighted by Gasteiger charge is 2.19. The molecule has 0 atom stereocenters. The van der Waals surface area contributed by atoms with Gasteiger partial charge in [-0.3, -0.25) is 9.20 Å². The van der Waals surface area contributed by atoms with E-state index in [1.807, 2.05) is 18.2 Å². The third-order valence-corrected chi connectivity index (χ3v) is 4.29. The van der Waals surface area contributed by atoms with E-state index in [4.69, 9.17) is 39.5 Å². The van der Waals surface area contributed by atoms with Crippen LogP contribution in [0.2, 0.25) is 15.1 Å². The summed E-state index contributed by atoms with van der Waals surface area (Å²) in [5.41, 5.74) is 1.79. The Labute approximate surface area is 159 Å². The molecule has 1 N–H and O–H groups in total. The summed E-state index contributed by atoms with van der Waals surface area (Å²) < 4.78 is 6.66. The number of imidazole rings is 1. The number of benzene rings is 1. The van der Waals surface area contributed by atoms with Gasteiger partial charge < -0.3 is 10.1 Å². The van der Waals surface area contributed by atoms with Crippen LogP contribution in [0.3, 0.4) is 0 Å². The molecule has 0 bridgehead atoms. The molecule has 0 saturated carbocycles. The average Bonchev–Trinajstić information content (AvgIpc) is 2.92. The molecule has 3 aromatic rings. The number of aromatic nitrogens is 2. The highest BCUT2D eigenvalue weighted by molar-refractivity contribution is 6.36. The fourth-order valence-corrected chi connectivity index (χ4v) is 3.19. The van der Waals surface area contributed by atoms with E-state index in [9.17, 15) is 4.79 Å². The highest BCUT2D eigenvalue weighted by Crippen LogP contribution is 2.36. The van der Waals surface area contributed by atoms with Crippen molar-refractivity contribution in [3.8, 4) is 11.3 Å². The number of hydrogen-bond acceptors (Lipinski definition) is 4. The van der Waals surface area contributed by atoms with Crippen molar-refractivity contribution < 1.29 is 9.53 Å². The Balaban J connectivity index is 2.15. The summed E-state index contributed by atoms with van der Waals surface area (Å²) >= 11 is 18.7. The Morgan fingerprint density at radius 1 is 1.24 bits per heavy atom. The number of nitrogens with zero attached hydrogens (tertiary/aromatic N) is 2. The van der Waals surface area contributed by atoms with Crippen molar-refractivity contribution in [2.24, 2.45) is 0 Å².